The lowest BCUT2D eigenvalue weighted by Crippen LogP contribution is -2.12. The summed E-state index contributed by atoms with van der Waals surface area (Å²) < 4.78 is 5.63. The van der Waals surface area contributed by atoms with Crippen LogP contribution in [0.5, 0.6) is 5.75 Å². The highest BCUT2D eigenvalue weighted by atomic mass is 16.5. The van der Waals surface area contributed by atoms with Crippen molar-refractivity contribution in [2.24, 2.45) is 0 Å². The van der Waals surface area contributed by atoms with Gasteiger partial charge in [0, 0.05) is 13.1 Å². The van der Waals surface area contributed by atoms with E-state index in [0.717, 1.165) is 37.4 Å². The summed E-state index contributed by atoms with van der Waals surface area (Å²) in [4.78, 5) is 0. The van der Waals surface area contributed by atoms with Gasteiger partial charge in [-0.3, -0.25) is 0 Å². The molecule has 0 radical (unpaired) electrons. The van der Waals surface area contributed by atoms with E-state index in [1.165, 1.54) is 5.56 Å². The van der Waals surface area contributed by atoms with Crippen LogP contribution in [0, 0.1) is 11.3 Å². The first-order chi connectivity index (χ1) is 10.3. The first kappa shape index (κ1) is 15.1. The van der Waals surface area contributed by atoms with Crippen LogP contribution in [0.15, 0.2) is 48.5 Å². The molecule has 0 bridgehead atoms. The second-order valence-corrected chi connectivity index (χ2v) is 4.91. The fraction of sp³-hybridized carbons (Fsp3) is 0.278. The summed E-state index contributed by atoms with van der Waals surface area (Å²) in [6.07, 6.45) is 1.01. The molecule has 0 heterocycles. The van der Waals surface area contributed by atoms with Crippen molar-refractivity contribution in [1.29, 1.82) is 5.26 Å². The van der Waals surface area contributed by atoms with E-state index in [1.807, 2.05) is 36.4 Å². The quantitative estimate of drug-likeness (QED) is 0.842. The molecule has 0 aliphatic carbocycles. The Morgan fingerprint density at radius 2 is 1.76 bits per heavy atom. The minimum absolute atomic E-state index is 0.698. The van der Waals surface area contributed by atoms with E-state index < -0.39 is 0 Å². The highest BCUT2D eigenvalue weighted by Gasteiger charge is 1.98. The minimum atomic E-state index is 0.698. The molecule has 0 unspecified atom stereocenters. The Bertz CT molecular complexity index is 617. The number of hydrogen-bond donors (Lipinski definition) is 1. The number of nitrogens with zero attached hydrogens (tertiary/aromatic N) is 1. The Labute approximate surface area is 126 Å². The van der Waals surface area contributed by atoms with Gasteiger partial charge in [-0.1, -0.05) is 31.2 Å². The van der Waals surface area contributed by atoms with Crippen LogP contribution in [0.1, 0.15) is 30.0 Å². The Kier molecular flexibility index (Phi) is 5.81. The summed E-state index contributed by atoms with van der Waals surface area (Å²) in [6.45, 7) is 4.37. The summed E-state index contributed by atoms with van der Waals surface area (Å²) in [5, 5.41) is 12.3. The third-order valence-corrected chi connectivity index (χ3v) is 3.09. The molecule has 0 amide bonds. The van der Waals surface area contributed by atoms with Gasteiger partial charge in [-0.25, -0.2) is 0 Å². The Hall–Kier alpha value is -2.31. The molecule has 2 aromatic rings. The number of hydrogen-bond acceptors (Lipinski definition) is 3. The van der Waals surface area contributed by atoms with Crippen LogP contribution < -0.4 is 10.1 Å². The van der Waals surface area contributed by atoms with Gasteiger partial charge >= 0.3 is 0 Å². The predicted molar refractivity (Wildman–Crippen MR) is 83.9 cm³/mol. The average molecular weight is 280 g/mol. The molecule has 0 aliphatic rings. The van der Waals surface area contributed by atoms with Crippen LogP contribution in [-0.2, 0) is 13.1 Å². The zero-order valence-electron chi connectivity index (χ0n) is 12.3. The molecule has 0 spiro atoms. The smallest absolute Gasteiger partial charge is 0.119 e. The molecule has 0 fully saturated rings. The van der Waals surface area contributed by atoms with Crippen molar-refractivity contribution in [1.82, 2.24) is 5.32 Å². The molecule has 2 aromatic carbocycles. The zero-order valence-corrected chi connectivity index (χ0v) is 12.3. The molecule has 0 aromatic heterocycles. The molecule has 108 valence electrons. The third-order valence-electron chi connectivity index (χ3n) is 3.09. The number of ether oxygens (including phenoxy) is 1. The van der Waals surface area contributed by atoms with Gasteiger partial charge in [0.25, 0.3) is 0 Å². The van der Waals surface area contributed by atoms with E-state index in [9.17, 15) is 0 Å². The van der Waals surface area contributed by atoms with Crippen LogP contribution in [0.3, 0.4) is 0 Å². The van der Waals surface area contributed by atoms with Crippen molar-refractivity contribution in [2.45, 2.75) is 26.4 Å². The summed E-state index contributed by atoms with van der Waals surface area (Å²) in [7, 11) is 0. The normalized spacial score (nSPS) is 10.1. The van der Waals surface area contributed by atoms with Crippen molar-refractivity contribution < 1.29 is 4.74 Å². The zero-order chi connectivity index (χ0) is 14.9. The Balaban J connectivity index is 1.86. The van der Waals surface area contributed by atoms with Gasteiger partial charge in [0.05, 0.1) is 18.2 Å². The molecule has 1 N–H and O–H groups in total. The summed E-state index contributed by atoms with van der Waals surface area (Å²) in [5.74, 6) is 0.919. The van der Waals surface area contributed by atoms with Crippen molar-refractivity contribution in [3.05, 3.63) is 65.2 Å². The maximum atomic E-state index is 8.88. The lowest BCUT2D eigenvalue weighted by molar-refractivity contribution is 0.317. The van der Waals surface area contributed by atoms with Gasteiger partial charge in [0.1, 0.15) is 5.75 Å². The molecule has 3 nitrogen and oxygen atoms in total. The molecule has 0 atom stereocenters. The maximum Gasteiger partial charge on any atom is 0.119 e. The molecule has 3 heteroatoms. The SMILES string of the molecule is CCCOc1cccc(CNCc2cccc(C#N)c2)c1. The summed E-state index contributed by atoms with van der Waals surface area (Å²) in [5.41, 5.74) is 3.01. The topological polar surface area (TPSA) is 45.0 Å². The van der Waals surface area contributed by atoms with Gasteiger partial charge in [-0.05, 0) is 41.8 Å². The number of rotatable bonds is 7. The van der Waals surface area contributed by atoms with Gasteiger partial charge < -0.3 is 10.1 Å². The van der Waals surface area contributed by atoms with E-state index >= 15 is 0 Å². The van der Waals surface area contributed by atoms with Crippen LogP contribution in [-0.4, -0.2) is 6.61 Å². The Morgan fingerprint density at radius 1 is 1.05 bits per heavy atom. The molecular formula is C18H20N2O. The first-order valence-electron chi connectivity index (χ1n) is 7.23. The highest BCUT2D eigenvalue weighted by Crippen LogP contribution is 2.13. The lowest BCUT2D eigenvalue weighted by Gasteiger charge is -2.08. The molecule has 0 aliphatic heterocycles. The van der Waals surface area contributed by atoms with Gasteiger partial charge in [0.15, 0.2) is 0 Å². The second kappa shape index (κ2) is 8.08. The minimum Gasteiger partial charge on any atom is -0.494 e. The number of nitriles is 1. The second-order valence-electron chi connectivity index (χ2n) is 4.91. The van der Waals surface area contributed by atoms with E-state index in [1.54, 1.807) is 0 Å². The van der Waals surface area contributed by atoms with E-state index in [-0.39, 0.29) is 0 Å². The number of nitrogens with one attached hydrogen (secondary N) is 1. The third kappa shape index (κ3) is 4.94. The summed E-state index contributed by atoms with van der Waals surface area (Å²) in [6, 6.07) is 18.0. The molecule has 2 rings (SSSR count). The monoisotopic (exact) mass is 280 g/mol. The number of benzene rings is 2. The van der Waals surface area contributed by atoms with Gasteiger partial charge in [0.2, 0.25) is 0 Å². The van der Waals surface area contributed by atoms with Crippen LogP contribution in [0.4, 0.5) is 0 Å². The van der Waals surface area contributed by atoms with Crippen molar-refractivity contribution in [2.75, 3.05) is 6.61 Å². The summed E-state index contributed by atoms with van der Waals surface area (Å²) >= 11 is 0. The standard InChI is InChI=1S/C18H20N2O/c1-2-9-21-18-8-4-7-17(11-18)14-20-13-16-6-3-5-15(10-16)12-19/h3-8,10-11,20H,2,9,13-14H2,1H3. The fourth-order valence-corrected chi connectivity index (χ4v) is 2.07. The highest BCUT2D eigenvalue weighted by molar-refractivity contribution is 5.33. The van der Waals surface area contributed by atoms with Crippen molar-refractivity contribution in [3.8, 4) is 11.8 Å². The van der Waals surface area contributed by atoms with Gasteiger partial charge in [-0.2, -0.15) is 5.26 Å². The predicted octanol–water partition coefficient (Wildman–Crippen LogP) is 3.64. The molecule has 0 saturated carbocycles. The van der Waals surface area contributed by atoms with Crippen molar-refractivity contribution >= 4 is 0 Å². The van der Waals surface area contributed by atoms with Crippen LogP contribution in [0.25, 0.3) is 0 Å². The lowest BCUT2D eigenvalue weighted by atomic mass is 10.1. The van der Waals surface area contributed by atoms with Crippen molar-refractivity contribution in [3.63, 3.8) is 0 Å². The molecule has 21 heavy (non-hydrogen) atoms. The van der Waals surface area contributed by atoms with Gasteiger partial charge in [-0.15, -0.1) is 0 Å². The average Bonchev–Trinajstić information content (AvgIpc) is 2.53. The fourth-order valence-electron chi connectivity index (χ4n) is 2.07. The first-order valence-corrected chi connectivity index (χ1v) is 7.23. The molecule has 0 saturated heterocycles. The van der Waals surface area contributed by atoms with Crippen LogP contribution >= 0.6 is 0 Å². The largest absolute Gasteiger partial charge is 0.494 e. The van der Waals surface area contributed by atoms with E-state index in [0.29, 0.717) is 5.56 Å². The van der Waals surface area contributed by atoms with Crippen LogP contribution in [0.2, 0.25) is 0 Å². The van der Waals surface area contributed by atoms with E-state index in [4.69, 9.17) is 10.00 Å². The van der Waals surface area contributed by atoms with E-state index in [2.05, 4.69) is 30.4 Å². The maximum absolute atomic E-state index is 8.88. The molecular weight excluding hydrogens is 260 g/mol. The Morgan fingerprint density at radius 3 is 2.48 bits per heavy atom.